The standard InChI is InChI=1S/C20H23ClN2O4S/c1-14(20(24)22-11-10-15-6-4-5-7-16(15)13-22)23(28(3,25)26)18-12-17(21)8-9-19(18)27-2/h4-9,12,14H,10-11,13H2,1-3H3. The largest absolute Gasteiger partial charge is 0.495 e. The molecule has 0 fully saturated rings. The minimum Gasteiger partial charge on any atom is -0.495 e. The molecule has 3 rings (SSSR count). The van der Waals surface area contributed by atoms with Gasteiger partial charge in [0.05, 0.1) is 19.1 Å². The minimum atomic E-state index is -3.76. The lowest BCUT2D eigenvalue weighted by atomic mass is 9.99. The van der Waals surface area contributed by atoms with E-state index in [2.05, 4.69) is 6.07 Å². The van der Waals surface area contributed by atoms with Crippen LogP contribution in [0.2, 0.25) is 5.02 Å². The van der Waals surface area contributed by atoms with Gasteiger partial charge in [-0.3, -0.25) is 9.10 Å². The van der Waals surface area contributed by atoms with Crippen molar-refractivity contribution in [3.05, 3.63) is 58.6 Å². The van der Waals surface area contributed by atoms with E-state index in [1.54, 1.807) is 24.0 Å². The fraction of sp³-hybridized carbons (Fsp3) is 0.350. The molecular formula is C20H23ClN2O4S. The first-order valence-corrected chi connectivity index (χ1v) is 11.1. The van der Waals surface area contributed by atoms with E-state index in [1.165, 1.54) is 18.7 Å². The van der Waals surface area contributed by atoms with Gasteiger partial charge in [0, 0.05) is 18.1 Å². The summed E-state index contributed by atoms with van der Waals surface area (Å²) in [6, 6.07) is 11.7. The molecule has 2 aromatic carbocycles. The number of anilines is 1. The van der Waals surface area contributed by atoms with Gasteiger partial charge < -0.3 is 9.64 Å². The quantitative estimate of drug-likeness (QED) is 0.742. The number of rotatable bonds is 5. The number of hydrogen-bond donors (Lipinski definition) is 0. The molecule has 6 nitrogen and oxygen atoms in total. The molecule has 28 heavy (non-hydrogen) atoms. The van der Waals surface area contributed by atoms with E-state index in [-0.39, 0.29) is 11.6 Å². The molecule has 0 aromatic heterocycles. The highest BCUT2D eigenvalue weighted by atomic mass is 35.5. The first kappa shape index (κ1) is 20.5. The second-order valence-electron chi connectivity index (χ2n) is 6.83. The van der Waals surface area contributed by atoms with E-state index in [0.29, 0.717) is 23.9 Å². The Hall–Kier alpha value is -2.25. The van der Waals surface area contributed by atoms with Crippen molar-refractivity contribution in [3.63, 3.8) is 0 Å². The molecule has 0 bridgehead atoms. The molecule has 0 saturated carbocycles. The molecule has 1 aliphatic rings. The predicted molar refractivity (Wildman–Crippen MR) is 110 cm³/mol. The van der Waals surface area contributed by atoms with Crippen molar-refractivity contribution in [1.29, 1.82) is 0 Å². The Balaban J connectivity index is 1.94. The van der Waals surface area contributed by atoms with Gasteiger partial charge >= 0.3 is 0 Å². The number of carbonyl (C=O) groups excluding carboxylic acids is 1. The molecule has 0 radical (unpaired) electrons. The van der Waals surface area contributed by atoms with Crippen LogP contribution >= 0.6 is 11.6 Å². The number of nitrogens with zero attached hydrogens (tertiary/aromatic N) is 2. The number of methoxy groups -OCH3 is 1. The molecule has 1 atom stereocenters. The van der Waals surface area contributed by atoms with Crippen molar-refractivity contribution < 1.29 is 17.9 Å². The highest BCUT2D eigenvalue weighted by Crippen LogP contribution is 2.34. The van der Waals surface area contributed by atoms with Crippen molar-refractivity contribution in [3.8, 4) is 5.75 Å². The average Bonchev–Trinajstić information content (AvgIpc) is 2.66. The zero-order chi connectivity index (χ0) is 20.5. The highest BCUT2D eigenvalue weighted by molar-refractivity contribution is 7.92. The summed E-state index contributed by atoms with van der Waals surface area (Å²) in [7, 11) is -2.32. The molecular weight excluding hydrogens is 400 g/mol. The third kappa shape index (κ3) is 4.10. The van der Waals surface area contributed by atoms with Gasteiger partial charge in [0.15, 0.2) is 0 Å². The van der Waals surface area contributed by atoms with Crippen molar-refractivity contribution in [2.45, 2.75) is 25.9 Å². The molecule has 1 heterocycles. The normalized spacial score (nSPS) is 14.9. The van der Waals surface area contributed by atoms with Gasteiger partial charge in [0.1, 0.15) is 11.8 Å². The number of fused-ring (bicyclic) bond motifs is 1. The van der Waals surface area contributed by atoms with Crippen LogP contribution in [-0.2, 0) is 27.8 Å². The SMILES string of the molecule is COc1ccc(Cl)cc1N(C(C)C(=O)N1CCc2ccccc2C1)S(C)(=O)=O. The van der Waals surface area contributed by atoms with Crippen LogP contribution in [0.15, 0.2) is 42.5 Å². The van der Waals surface area contributed by atoms with Gasteiger partial charge in [-0.15, -0.1) is 0 Å². The van der Waals surface area contributed by atoms with E-state index in [1.807, 2.05) is 18.2 Å². The van der Waals surface area contributed by atoms with E-state index >= 15 is 0 Å². The molecule has 0 N–H and O–H groups in total. The summed E-state index contributed by atoms with van der Waals surface area (Å²) in [5, 5.41) is 0.357. The van der Waals surface area contributed by atoms with Gasteiger partial charge in [-0.05, 0) is 42.7 Å². The molecule has 0 aliphatic carbocycles. The first-order valence-electron chi connectivity index (χ1n) is 8.91. The fourth-order valence-electron chi connectivity index (χ4n) is 3.56. The summed E-state index contributed by atoms with van der Waals surface area (Å²) in [5.41, 5.74) is 2.55. The zero-order valence-corrected chi connectivity index (χ0v) is 17.6. The molecule has 0 saturated heterocycles. The van der Waals surface area contributed by atoms with E-state index in [4.69, 9.17) is 16.3 Å². The molecule has 8 heteroatoms. The number of sulfonamides is 1. The van der Waals surface area contributed by atoms with Gasteiger partial charge in [-0.25, -0.2) is 8.42 Å². The number of hydrogen-bond acceptors (Lipinski definition) is 4. The Morgan fingerprint density at radius 2 is 1.89 bits per heavy atom. The molecule has 1 aliphatic heterocycles. The Morgan fingerprint density at radius 3 is 2.54 bits per heavy atom. The maximum Gasteiger partial charge on any atom is 0.246 e. The number of amides is 1. The summed E-state index contributed by atoms with van der Waals surface area (Å²) < 4.78 is 31.6. The van der Waals surface area contributed by atoms with Crippen molar-refractivity contribution in [1.82, 2.24) is 4.90 Å². The molecule has 1 unspecified atom stereocenters. The average molecular weight is 423 g/mol. The Kier molecular flexibility index (Phi) is 5.86. The number of carbonyl (C=O) groups is 1. The second-order valence-corrected chi connectivity index (χ2v) is 9.13. The third-order valence-corrected chi connectivity index (χ3v) is 6.35. The molecule has 0 spiro atoms. The number of benzene rings is 2. The van der Waals surface area contributed by atoms with E-state index in [9.17, 15) is 13.2 Å². The smallest absolute Gasteiger partial charge is 0.246 e. The Bertz CT molecular complexity index is 993. The van der Waals surface area contributed by atoms with Crippen LogP contribution in [-0.4, -0.2) is 45.2 Å². The maximum absolute atomic E-state index is 13.2. The summed E-state index contributed by atoms with van der Waals surface area (Å²) in [6.07, 6.45) is 1.82. The summed E-state index contributed by atoms with van der Waals surface area (Å²) in [5.74, 6) is 0.0698. The Labute approximate surface area is 170 Å². The number of halogens is 1. The minimum absolute atomic E-state index is 0.246. The Morgan fingerprint density at radius 1 is 1.21 bits per heavy atom. The second kappa shape index (κ2) is 8.01. The van der Waals surface area contributed by atoms with Crippen LogP contribution in [0.4, 0.5) is 5.69 Å². The van der Waals surface area contributed by atoms with Crippen molar-refractivity contribution in [2.24, 2.45) is 0 Å². The predicted octanol–water partition coefficient (Wildman–Crippen LogP) is 3.09. The lowest BCUT2D eigenvalue weighted by Crippen LogP contribution is -2.50. The molecule has 150 valence electrons. The van der Waals surface area contributed by atoms with Crippen LogP contribution in [0.3, 0.4) is 0 Å². The lowest BCUT2D eigenvalue weighted by Gasteiger charge is -2.35. The van der Waals surface area contributed by atoms with Crippen LogP contribution in [0, 0.1) is 0 Å². The van der Waals surface area contributed by atoms with Crippen LogP contribution in [0.5, 0.6) is 5.75 Å². The summed E-state index contributed by atoms with van der Waals surface area (Å²) >= 11 is 6.08. The lowest BCUT2D eigenvalue weighted by molar-refractivity contribution is -0.132. The number of ether oxygens (including phenoxy) is 1. The highest BCUT2D eigenvalue weighted by Gasteiger charge is 2.34. The maximum atomic E-state index is 13.2. The molecule has 1 amide bonds. The van der Waals surface area contributed by atoms with Crippen molar-refractivity contribution >= 4 is 33.2 Å². The third-order valence-electron chi connectivity index (χ3n) is 4.89. The van der Waals surface area contributed by atoms with Gasteiger partial charge in [0.2, 0.25) is 15.9 Å². The molecule has 2 aromatic rings. The van der Waals surface area contributed by atoms with Crippen LogP contribution in [0.1, 0.15) is 18.1 Å². The van der Waals surface area contributed by atoms with Gasteiger partial charge in [0.25, 0.3) is 0 Å². The van der Waals surface area contributed by atoms with Gasteiger partial charge in [-0.1, -0.05) is 35.9 Å². The van der Waals surface area contributed by atoms with Crippen LogP contribution < -0.4 is 9.04 Å². The van der Waals surface area contributed by atoms with E-state index in [0.717, 1.165) is 22.5 Å². The topological polar surface area (TPSA) is 66.9 Å². The van der Waals surface area contributed by atoms with Gasteiger partial charge in [-0.2, -0.15) is 0 Å². The summed E-state index contributed by atoms with van der Waals surface area (Å²) in [4.78, 5) is 14.9. The first-order chi connectivity index (χ1) is 13.2. The fourth-order valence-corrected chi connectivity index (χ4v) is 4.89. The van der Waals surface area contributed by atoms with Crippen LogP contribution in [0.25, 0.3) is 0 Å². The zero-order valence-electron chi connectivity index (χ0n) is 16.1. The monoisotopic (exact) mass is 422 g/mol. The van der Waals surface area contributed by atoms with E-state index < -0.39 is 16.1 Å². The van der Waals surface area contributed by atoms with Crippen molar-refractivity contribution in [2.75, 3.05) is 24.2 Å². The summed E-state index contributed by atoms with van der Waals surface area (Å²) in [6.45, 7) is 2.60.